The highest BCUT2D eigenvalue weighted by atomic mass is 35.5. The number of carbonyl (C=O) groups excluding carboxylic acids is 8. The molecule has 3 unspecified atom stereocenters. The Bertz CT molecular complexity index is 5700. The van der Waals surface area contributed by atoms with E-state index in [4.69, 9.17) is 59.3 Å². The van der Waals surface area contributed by atoms with Crippen LogP contribution in [0.25, 0.3) is 0 Å². The topological polar surface area (TPSA) is 285 Å². The summed E-state index contributed by atoms with van der Waals surface area (Å²) in [6.07, 6.45) is -3.02. The van der Waals surface area contributed by atoms with Crippen molar-refractivity contribution in [1.29, 1.82) is 0 Å². The molecule has 6 heterocycles. The highest BCUT2D eigenvalue weighted by Crippen LogP contribution is 2.60. The van der Waals surface area contributed by atoms with Crippen molar-refractivity contribution >= 4 is 101 Å². The monoisotopic (exact) mass is 2180 g/mol. The number of carbonyl (C=O) groups is 9. The SMILES string of the molecule is CC(=O)NC(C)(C)[C@@H]1CC2(CCN(C(=O)C3CN(C(C)(C)C)C[C@H]3c3ccc(F)cc3F)CC2)c2cc(Cl)c(C)cc21.CC(=O)NC(C)(C)[C@@H]1CC2(CCN(C(=O)OC(C)(C)C)CC2)c2cc(Cl)c(C)cc21.CC(=O)NC(C)(C)[C@H]1CC2(CCN(C(=O)C3CN(C(C)(C)C)C[C@H]3c3ccc(F)cc3F)CC2)c2cc(Cl)c(C)cc21.CC(C)(C)N1CC(C(=O)O)[C@H](c2ccc(F)cc2F)C1.Cl.O=C([O-])C(F)(F)F.O=C([O-])C(F)(F)F. The summed E-state index contributed by atoms with van der Waals surface area (Å²) >= 11 is 19.9. The molecule has 15 rings (SSSR count). The van der Waals surface area contributed by atoms with Crippen LogP contribution in [0.2, 0.25) is 15.1 Å². The van der Waals surface area contributed by atoms with E-state index in [9.17, 15) is 91.4 Å². The zero-order chi connectivity index (χ0) is 111. The van der Waals surface area contributed by atoms with Crippen LogP contribution in [0.1, 0.15) is 305 Å². The molecule has 0 saturated carbocycles. The normalized spacial score (nSPS) is 22.1. The number of aryl methyl sites for hydroxylation is 3. The van der Waals surface area contributed by atoms with Crippen molar-refractivity contribution in [2.75, 3.05) is 78.5 Å². The number of halogens is 16. The Morgan fingerprint density at radius 1 is 0.369 bits per heavy atom. The van der Waals surface area contributed by atoms with E-state index in [2.05, 4.69) is 145 Å². The molecule has 6 amide bonds. The second-order valence-electron chi connectivity index (χ2n) is 47.3. The minimum absolute atomic E-state index is 0. The fourth-order valence-electron chi connectivity index (χ4n) is 23.5. The molecule has 824 valence electrons. The molecule has 9 atom stereocenters. The maximum atomic E-state index is 15.0. The van der Waals surface area contributed by atoms with Gasteiger partial charge in [-0.15, -0.1) is 12.4 Å². The van der Waals surface area contributed by atoms with Crippen LogP contribution < -0.4 is 26.2 Å². The smallest absolute Gasteiger partial charge is 0.430 e. The molecule has 6 aliphatic heterocycles. The number of fused-ring (bicyclic) bond motifs is 6. The second-order valence-corrected chi connectivity index (χ2v) is 48.5. The molecule has 38 heteroatoms. The van der Waals surface area contributed by atoms with Crippen LogP contribution in [-0.4, -0.2) is 218 Å². The van der Waals surface area contributed by atoms with E-state index in [1.54, 1.807) is 20.8 Å². The quantitative estimate of drug-likeness (QED) is 0.0828. The fourth-order valence-corrected chi connectivity index (χ4v) is 24.0. The van der Waals surface area contributed by atoms with Crippen molar-refractivity contribution < 1.29 is 116 Å². The molecule has 6 aromatic rings. The van der Waals surface area contributed by atoms with Gasteiger partial charge in [-0.05, 0) is 323 Å². The predicted molar refractivity (Wildman–Crippen MR) is 547 cm³/mol. The standard InChI is InChI=1S/2C34H44ClF2N3O2.C24H35ClN2O3.C15H19F2NO2.2C2HF3O2.ClH/c2*1-20-14-24-27(16-29(20)35)34(17-28(24)33(6,7)38-21(2)41)10-12-39(13-11-34)31(42)26-19-40(32(3,4)5)18-25(26)23-9-8-22(36)15-30(23)37;1-15-12-17-18(13-20(15)25)24(14-19(17)23(6,7)26-16(2)28)8-10-27(11-9-24)21(29)30-22(3,4)5;1-15(2,3)18-7-11(12(8-18)14(19)20)10-5-4-9(16)6-13(10)17;2*3-2(4,5)1(6)7;/h2*8-9,14-16,25-26,28H,10-13,17-19H2,1-7H3,(H,38,41);12-13,19H,8-11,14H2,1-7H3,(H,26,28);4-6,11-12H,7-8H2,1-3H3,(H,19,20);2*(H,6,7);1H/p-2/t25-,26?,28+;25-,26?,28-;19-;11-,12?;;;/m0010.../s1. The lowest BCUT2D eigenvalue weighted by atomic mass is 9.71. The molecule has 6 aromatic carbocycles. The van der Waals surface area contributed by atoms with Crippen LogP contribution in [0.3, 0.4) is 0 Å². The van der Waals surface area contributed by atoms with E-state index in [1.165, 1.54) is 69.8 Å². The molecule has 6 saturated heterocycles. The number of nitrogens with one attached hydrogen (secondary N) is 3. The number of carboxylic acid groups (broad SMARTS) is 3. The van der Waals surface area contributed by atoms with Crippen molar-refractivity contribution in [2.45, 2.75) is 327 Å². The number of rotatable bonds is 12. The maximum absolute atomic E-state index is 15.0. The second kappa shape index (κ2) is 46.5. The highest BCUT2D eigenvalue weighted by molar-refractivity contribution is 6.32. The Morgan fingerprint density at radius 2 is 0.604 bits per heavy atom. The van der Waals surface area contributed by atoms with Gasteiger partial charge in [0.2, 0.25) is 29.5 Å². The van der Waals surface area contributed by atoms with Gasteiger partial charge >= 0.3 is 24.4 Å². The van der Waals surface area contributed by atoms with E-state index >= 15 is 0 Å². The third-order valence-corrected chi connectivity index (χ3v) is 32.7. The lowest BCUT2D eigenvalue weighted by Gasteiger charge is -2.42. The first-order valence-corrected chi connectivity index (χ1v) is 51.2. The summed E-state index contributed by atoms with van der Waals surface area (Å²) in [4.78, 5) is 118. The summed E-state index contributed by atoms with van der Waals surface area (Å²) < 4.78 is 153. The van der Waals surface area contributed by atoms with Gasteiger partial charge in [-0.3, -0.25) is 43.5 Å². The lowest BCUT2D eigenvalue weighted by Crippen LogP contribution is -2.49. The van der Waals surface area contributed by atoms with Gasteiger partial charge in [-0.25, -0.2) is 31.1 Å². The number of aliphatic carboxylic acids is 3. The van der Waals surface area contributed by atoms with Gasteiger partial charge in [0.05, 0.1) is 17.8 Å². The van der Waals surface area contributed by atoms with Gasteiger partial charge in [0.15, 0.2) is 0 Å². The van der Waals surface area contributed by atoms with Crippen LogP contribution in [0.15, 0.2) is 91.0 Å². The van der Waals surface area contributed by atoms with Crippen molar-refractivity contribution in [2.24, 2.45) is 17.8 Å². The van der Waals surface area contributed by atoms with Crippen LogP contribution in [0.5, 0.6) is 0 Å². The number of piperidine rings is 3. The molecule has 0 aromatic heterocycles. The van der Waals surface area contributed by atoms with Crippen LogP contribution in [-0.2, 0) is 59.3 Å². The van der Waals surface area contributed by atoms with E-state index in [1.807, 2.05) is 81.9 Å². The van der Waals surface area contributed by atoms with Gasteiger partial charge < -0.3 is 60.3 Å². The molecule has 3 spiro atoms. The van der Waals surface area contributed by atoms with E-state index in [-0.39, 0.29) is 122 Å². The van der Waals surface area contributed by atoms with Crippen molar-refractivity contribution in [1.82, 2.24) is 45.3 Å². The van der Waals surface area contributed by atoms with E-state index < -0.39 is 106 Å². The van der Waals surface area contributed by atoms with Gasteiger partial charge in [0.1, 0.15) is 52.4 Å². The average Bonchev–Trinajstić information content (AvgIpc) is 1.58. The Hall–Kier alpha value is -9.45. The zero-order valence-electron chi connectivity index (χ0n) is 89.3. The number of hydrogen-bond donors (Lipinski definition) is 4. The number of carboxylic acids is 3. The van der Waals surface area contributed by atoms with Crippen LogP contribution in [0, 0.1) is 73.4 Å². The summed E-state index contributed by atoms with van der Waals surface area (Å²) in [5, 5.41) is 38.7. The Morgan fingerprint density at radius 3 is 0.819 bits per heavy atom. The summed E-state index contributed by atoms with van der Waals surface area (Å²) in [5.74, 6) is -12.9. The number of nitrogens with zero attached hydrogens (tertiary/aromatic N) is 6. The van der Waals surface area contributed by atoms with Crippen LogP contribution in [0.4, 0.5) is 57.5 Å². The molecule has 3 aliphatic carbocycles. The zero-order valence-corrected chi connectivity index (χ0v) is 92.4. The molecule has 0 radical (unpaired) electrons. The first-order chi connectivity index (χ1) is 67.9. The van der Waals surface area contributed by atoms with Gasteiger partial charge in [0.25, 0.3) is 0 Å². The predicted octanol–water partition coefficient (Wildman–Crippen LogP) is 20.6. The molecular weight excluding hydrogens is 2040 g/mol. The van der Waals surface area contributed by atoms with Crippen molar-refractivity contribution in [3.63, 3.8) is 0 Å². The summed E-state index contributed by atoms with van der Waals surface area (Å²) in [5.41, 5.74) is 9.10. The summed E-state index contributed by atoms with van der Waals surface area (Å²) in [6.45, 7) is 54.3. The minimum Gasteiger partial charge on any atom is -0.542 e. The first-order valence-electron chi connectivity index (χ1n) is 50.1. The van der Waals surface area contributed by atoms with Gasteiger partial charge in [0, 0.05) is 201 Å². The van der Waals surface area contributed by atoms with E-state index in [0.29, 0.717) is 89.7 Å². The molecule has 22 nitrogen and oxygen atoms in total. The number of likely N-dealkylation sites (tertiary alicyclic amines) is 6. The Kier molecular flexibility index (Phi) is 38.4. The number of alkyl halides is 6. The van der Waals surface area contributed by atoms with Gasteiger partial charge in [-0.2, -0.15) is 26.3 Å². The molecule has 149 heavy (non-hydrogen) atoms. The molecular formula is C111H143Cl4F12N9O13-2. The van der Waals surface area contributed by atoms with Gasteiger partial charge in [-0.1, -0.05) is 71.2 Å². The lowest BCUT2D eigenvalue weighted by molar-refractivity contribution is -0.344. The fraction of sp³-hybridized carbons (Fsp3) is 0.595. The summed E-state index contributed by atoms with van der Waals surface area (Å²) in [7, 11) is 0. The molecule has 4 N–H and O–H groups in total. The largest absolute Gasteiger partial charge is 0.542 e. The van der Waals surface area contributed by atoms with Crippen molar-refractivity contribution in [3.05, 3.63) is 208 Å². The molecule has 0 bridgehead atoms. The third-order valence-electron chi connectivity index (χ3n) is 31.5. The third kappa shape index (κ3) is 29.0. The molecule has 9 aliphatic rings. The molecule has 6 fully saturated rings. The van der Waals surface area contributed by atoms with Crippen molar-refractivity contribution in [3.8, 4) is 0 Å². The van der Waals surface area contributed by atoms with Crippen LogP contribution >= 0.6 is 47.2 Å². The highest BCUT2D eigenvalue weighted by Gasteiger charge is 2.57. The number of hydrogen-bond acceptors (Lipinski definition) is 15. The number of amides is 6. The average molecular weight is 2180 g/mol. The minimum atomic E-state index is -5.19. The Balaban J connectivity index is 0.000000216. The number of benzene rings is 6. The summed E-state index contributed by atoms with van der Waals surface area (Å²) in [6, 6.07) is 23.7. The Labute approximate surface area is 887 Å². The maximum Gasteiger partial charge on any atom is 0.430 e. The number of ether oxygens (including phenoxy) is 1. The van der Waals surface area contributed by atoms with E-state index in [0.717, 1.165) is 108 Å². The first kappa shape index (κ1) is 123.